The summed E-state index contributed by atoms with van der Waals surface area (Å²) in [5.41, 5.74) is 2.62. The Morgan fingerprint density at radius 1 is 0.966 bits per heavy atom. The third-order valence-corrected chi connectivity index (χ3v) is 5.55. The van der Waals surface area contributed by atoms with E-state index < -0.39 is 6.10 Å². The van der Waals surface area contributed by atoms with Gasteiger partial charge in [0.25, 0.3) is 5.91 Å². The highest BCUT2D eigenvalue weighted by atomic mass is 16.5. The number of carbonyl (C=O) groups excluding carboxylic acids is 2. The van der Waals surface area contributed by atoms with Gasteiger partial charge >= 0.3 is 0 Å². The van der Waals surface area contributed by atoms with Crippen LogP contribution >= 0.6 is 0 Å². The van der Waals surface area contributed by atoms with Gasteiger partial charge in [-0.2, -0.15) is 0 Å². The number of rotatable bonds is 3. The van der Waals surface area contributed by atoms with Crippen molar-refractivity contribution in [2.75, 3.05) is 34.8 Å². The summed E-state index contributed by atoms with van der Waals surface area (Å²) < 4.78 is 5.86. The maximum Gasteiger partial charge on any atom is 0.267 e. The summed E-state index contributed by atoms with van der Waals surface area (Å²) in [5.74, 6) is 0.180. The number of benzene rings is 2. The van der Waals surface area contributed by atoms with E-state index in [1.165, 1.54) is 38.3 Å². The summed E-state index contributed by atoms with van der Waals surface area (Å²) >= 11 is 0. The van der Waals surface area contributed by atoms with Crippen LogP contribution in [0.3, 0.4) is 0 Å². The smallest absolute Gasteiger partial charge is 0.267 e. The van der Waals surface area contributed by atoms with Gasteiger partial charge in [0.05, 0.1) is 12.2 Å². The molecule has 2 aliphatic rings. The van der Waals surface area contributed by atoms with Gasteiger partial charge < -0.3 is 19.9 Å². The van der Waals surface area contributed by atoms with Gasteiger partial charge in [0, 0.05) is 31.4 Å². The fraction of sp³-hybridized carbons (Fsp3) is 0.391. The molecule has 6 nitrogen and oxygen atoms in total. The highest BCUT2D eigenvalue weighted by Crippen LogP contribution is 2.33. The Hall–Kier alpha value is -3.02. The zero-order chi connectivity index (χ0) is 20.2. The molecule has 2 amide bonds. The maximum atomic E-state index is 12.8. The van der Waals surface area contributed by atoms with Crippen LogP contribution in [-0.4, -0.2) is 37.6 Å². The van der Waals surface area contributed by atoms with Gasteiger partial charge in [-0.15, -0.1) is 0 Å². The summed E-state index contributed by atoms with van der Waals surface area (Å²) in [6.45, 7) is 3.87. The minimum Gasteiger partial charge on any atom is -0.476 e. The fourth-order valence-corrected chi connectivity index (χ4v) is 3.98. The molecule has 0 bridgehead atoms. The molecule has 0 unspecified atom stereocenters. The number of hydrogen-bond acceptors (Lipinski definition) is 4. The molecule has 2 aromatic rings. The predicted octanol–water partition coefficient (Wildman–Crippen LogP) is 3.82. The highest BCUT2D eigenvalue weighted by Gasteiger charge is 2.32. The Morgan fingerprint density at radius 3 is 2.34 bits per heavy atom. The van der Waals surface area contributed by atoms with Crippen LogP contribution in [0.1, 0.15) is 32.6 Å². The van der Waals surface area contributed by atoms with Crippen LogP contribution in [0.15, 0.2) is 48.5 Å². The lowest BCUT2D eigenvalue weighted by atomic mass is 10.1. The van der Waals surface area contributed by atoms with Crippen molar-refractivity contribution >= 4 is 28.9 Å². The first-order valence-corrected chi connectivity index (χ1v) is 10.3. The van der Waals surface area contributed by atoms with Crippen molar-refractivity contribution in [3.8, 4) is 5.75 Å². The van der Waals surface area contributed by atoms with E-state index in [0.717, 1.165) is 18.8 Å². The molecule has 1 saturated heterocycles. The molecular formula is C23H27N3O3. The van der Waals surface area contributed by atoms with E-state index in [9.17, 15) is 9.59 Å². The van der Waals surface area contributed by atoms with Crippen LogP contribution in [0, 0.1) is 0 Å². The second-order valence-electron chi connectivity index (χ2n) is 7.64. The average molecular weight is 393 g/mol. The van der Waals surface area contributed by atoms with E-state index in [0.29, 0.717) is 11.4 Å². The summed E-state index contributed by atoms with van der Waals surface area (Å²) in [5, 5.41) is 2.92. The monoisotopic (exact) mass is 393 g/mol. The number of carbonyl (C=O) groups is 2. The van der Waals surface area contributed by atoms with Gasteiger partial charge in [-0.25, -0.2) is 0 Å². The number of nitrogens with zero attached hydrogens (tertiary/aromatic N) is 2. The molecule has 1 N–H and O–H groups in total. The van der Waals surface area contributed by atoms with Crippen LogP contribution in [0.2, 0.25) is 0 Å². The zero-order valence-corrected chi connectivity index (χ0v) is 16.8. The van der Waals surface area contributed by atoms with Crippen molar-refractivity contribution in [2.45, 2.75) is 38.7 Å². The molecule has 2 aliphatic heterocycles. The molecule has 0 saturated carbocycles. The Bertz CT molecular complexity index is 873. The van der Waals surface area contributed by atoms with Crippen molar-refractivity contribution in [1.82, 2.24) is 0 Å². The summed E-state index contributed by atoms with van der Waals surface area (Å²) in [6.07, 6.45) is 4.30. The average Bonchev–Trinajstić information content (AvgIpc) is 3.03. The van der Waals surface area contributed by atoms with Gasteiger partial charge in [0.2, 0.25) is 5.91 Å². The molecule has 6 heteroatoms. The molecule has 2 heterocycles. The lowest BCUT2D eigenvalue weighted by Crippen LogP contribution is -2.48. The Morgan fingerprint density at radius 2 is 1.66 bits per heavy atom. The van der Waals surface area contributed by atoms with E-state index in [-0.39, 0.29) is 18.4 Å². The molecule has 1 fully saturated rings. The third kappa shape index (κ3) is 4.36. The number of fused-ring (bicyclic) bond motifs is 1. The van der Waals surface area contributed by atoms with E-state index in [1.807, 2.05) is 30.3 Å². The number of anilines is 3. The van der Waals surface area contributed by atoms with E-state index in [4.69, 9.17) is 4.74 Å². The quantitative estimate of drug-likeness (QED) is 0.861. The van der Waals surface area contributed by atoms with Crippen LogP contribution in [0.25, 0.3) is 0 Å². The van der Waals surface area contributed by atoms with Crippen molar-refractivity contribution in [3.05, 3.63) is 48.5 Å². The van der Waals surface area contributed by atoms with Crippen molar-refractivity contribution in [1.29, 1.82) is 0 Å². The summed E-state index contributed by atoms with van der Waals surface area (Å²) in [7, 11) is 0. The third-order valence-electron chi connectivity index (χ3n) is 5.55. The van der Waals surface area contributed by atoms with Crippen LogP contribution in [0.4, 0.5) is 17.1 Å². The predicted molar refractivity (Wildman–Crippen MR) is 115 cm³/mol. The summed E-state index contributed by atoms with van der Waals surface area (Å²) in [4.78, 5) is 28.8. The van der Waals surface area contributed by atoms with Gasteiger partial charge in [0.1, 0.15) is 5.75 Å². The molecule has 0 aromatic heterocycles. The van der Waals surface area contributed by atoms with E-state index in [1.54, 1.807) is 11.0 Å². The van der Waals surface area contributed by atoms with Gasteiger partial charge in [-0.3, -0.25) is 9.59 Å². The Labute approximate surface area is 171 Å². The summed E-state index contributed by atoms with van der Waals surface area (Å²) in [6, 6.07) is 15.3. The van der Waals surface area contributed by atoms with Crippen molar-refractivity contribution in [3.63, 3.8) is 0 Å². The second-order valence-corrected chi connectivity index (χ2v) is 7.64. The molecule has 29 heavy (non-hydrogen) atoms. The first-order valence-electron chi connectivity index (χ1n) is 10.3. The Balaban J connectivity index is 1.43. The SMILES string of the molecule is CC(=O)N1C[C@@H](C(=O)Nc2ccc(N3CCCCCC3)cc2)Oc2ccccc21. The number of ether oxygens (including phenoxy) is 1. The van der Waals surface area contributed by atoms with Crippen molar-refractivity contribution < 1.29 is 14.3 Å². The molecule has 152 valence electrons. The highest BCUT2D eigenvalue weighted by molar-refractivity contribution is 5.99. The largest absolute Gasteiger partial charge is 0.476 e. The molecule has 0 spiro atoms. The molecular weight excluding hydrogens is 366 g/mol. The first kappa shape index (κ1) is 19.3. The number of nitrogens with one attached hydrogen (secondary N) is 1. The fourth-order valence-electron chi connectivity index (χ4n) is 3.98. The van der Waals surface area contributed by atoms with Crippen molar-refractivity contribution in [2.24, 2.45) is 0 Å². The van der Waals surface area contributed by atoms with Crippen LogP contribution in [0.5, 0.6) is 5.75 Å². The lowest BCUT2D eigenvalue weighted by Gasteiger charge is -2.33. The minimum absolute atomic E-state index is 0.111. The van der Waals surface area contributed by atoms with Gasteiger partial charge in [-0.05, 0) is 49.2 Å². The standard InChI is InChI=1S/C23H27N3O3/c1-17(27)26-16-22(29-21-9-5-4-8-20(21)26)23(28)24-18-10-12-19(13-11-18)25-14-6-2-3-7-15-25/h4-5,8-13,22H,2-3,6-7,14-16H2,1H3,(H,24,28)/t22-/m0/s1. The lowest BCUT2D eigenvalue weighted by molar-refractivity contribution is -0.123. The second kappa shape index (κ2) is 8.55. The first-order chi connectivity index (χ1) is 14.1. The van der Waals surface area contributed by atoms with Crippen LogP contribution < -0.4 is 19.9 Å². The molecule has 0 radical (unpaired) electrons. The van der Waals surface area contributed by atoms with E-state index >= 15 is 0 Å². The topological polar surface area (TPSA) is 61.9 Å². The number of hydrogen-bond donors (Lipinski definition) is 1. The molecule has 4 rings (SSSR count). The number of para-hydroxylation sites is 2. The minimum atomic E-state index is -0.751. The molecule has 0 aliphatic carbocycles. The van der Waals surface area contributed by atoms with Crippen LogP contribution in [-0.2, 0) is 9.59 Å². The molecule has 1 atom stereocenters. The molecule has 2 aromatic carbocycles. The number of amides is 2. The van der Waals surface area contributed by atoms with Gasteiger partial charge in [-0.1, -0.05) is 25.0 Å². The maximum absolute atomic E-state index is 12.8. The van der Waals surface area contributed by atoms with E-state index in [2.05, 4.69) is 22.3 Å². The zero-order valence-electron chi connectivity index (χ0n) is 16.8. The Kier molecular flexibility index (Phi) is 5.69. The van der Waals surface area contributed by atoms with Gasteiger partial charge in [0.15, 0.2) is 6.10 Å². The normalized spacial score (nSPS) is 19.0.